The summed E-state index contributed by atoms with van der Waals surface area (Å²) in [6.07, 6.45) is 1.25. The Labute approximate surface area is 231 Å². The van der Waals surface area contributed by atoms with Gasteiger partial charge in [-0.25, -0.2) is 9.59 Å². The molecule has 0 aliphatic heterocycles. The van der Waals surface area contributed by atoms with E-state index in [1.165, 1.54) is 20.6 Å². The van der Waals surface area contributed by atoms with Gasteiger partial charge in [-0.15, -0.1) is 0 Å². The van der Waals surface area contributed by atoms with Crippen LogP contribution >= 0.6 is 0 Å². The van der Waals surface area contributed by atoms with Crippen LogP contribution in [0, 0.1) is 0 Å². The minimum absolute atomic E-state index is 0. The Morgan fingerprint density at radius 2 is 0.949 bits per heavy atom. The second kappa shape index (κ2) is 12.6. The van der Waals surface area contributed by atoms with Gasteiger partial charge in [-0.3, -0.25) is 0 Å². The topological polar surface area (TPSA) is 84.2 Å². The van der Waals surface area contributed by atoms with E-state index in [-0.39, 0.29) is 2.85 Å². The van der Waals surface area contributed by atoms with Gasteiger partial charge in [0, 0.05) is 14.2 Å². The first-order chi connectivity index (χ1) is 19.0. The molecule has 0 atom stereocenters. The molecule has 5 aromatic rings. The molecule has 6 nitrogen and oxygen atoms in total. The molecule has 2 aromatic heterocycles. The molecule has 5 rings (SSSR count). The normalized spacial score (nSPS) is 10.4. The van der Waals surface area contributed by atoms with Crippen molar-refractivity contribution in [3.63, 3.8) is 0 Å². The molecule has 3 aromatic carbocycles. The lowest BCUT2D eigenvalue weighted by molar-refractivity contribution is 0.0593. The molecule has 0 radical (unpaired) electrons. The molecule has 0 unspecified atom stereocenters. The molecule has 0 amide bonds. The summed E-state index contributed by atoms with van der Waals surface area (Å²) in [5, 5.41) is 0. The van der Waals surface area contributed by atoms with Crippen molar-refractivity contribution in [2.24, 2.45) is 0 Å². The lowest BCUT2D eigenvalue weighted by Crippen LogP contribution is -2.01. The van der Waals surface area contributed by atoms with Gasteiger partial charge in [0.1, 0.15) is 0 Å². The van der Waals surface area contributed by atoms with Gasteiger partial charge < -0.3 is 19.4 Å². The fourth-order valence-corrected chi connectivity index (χ4v) is 4.28. The van der Waals surface area contributed by atoms with Crippen LogP contribution in [0.5, 0.6) is 0 Å². The number of aromatic nitrogens is 2. The molecular weight excluding hydrogens is 488 g/mol. The lowest BCUT2D eigenvalue weighted by atomic mass is 10.0. The Bertz CT molecular complexity index is 1450. The molecule has 0 fully saturated rings. The minimum Gasteiger partial charge on any atom is -0.465 e. The lowest BCUT2D eigenvalue weighted by Gasteiger charge is -2.04. The zero-order valence-electron chi connectivity index (χ0n) is 22.6. The Balaban J connectivity index is 0.00000113. The highest BCUT2D eigenvalue weighted by molar-refractivity contribution is 5.99. The molecule has 0 spiro atoms. The van der Waals surface area contributed by atoms with Gasteiger partial charge in [-0.2, -0.15) is 0 Å². The summed E-state index contributed by atoms with van der Waals surface area (Å²) in [6.45, 7) is 4.25. The van der Waals surface area contributed by atoms with E-state index in [1.54, 1.807) is 12.1 Å². The zero-order chi connectivity index (χ0) is 27.8. The van der Waals surface area contributed by atoms with Crippen LogP contribution < -0.4 is 0 Å². The van der Waals surface area contributed by atoms with Crippen molar-refractivity contribution >= 4 is 11.9 Å². The van der Waals surface area contributed by atoms with Crippen LogP contribution in [0.25, 0.3) is 45.0 Å². The average molecular weight is 525 g/mol. The first kappa shape index (κ1) is 27.2. The van der Waals surface area contributed by atoms with Crippen molar-refractivity contribution < 1.29 is 21.9 Å². The maximum Gasteiger partial charge on any atom is 0.340 e. The van der Waals surface area contributed by atoms with E-state index in [9.17, 15) is 9.59 Å². The van der Waals surface area contributed by atoms with Crippen LogP contribution in [0.4, 0.5) is 0 Å². The van der Waals surface area contributed by atoms with Crippen molar-refractivity contribution in [1.82, 2.24) is 9.97 Å². The number of hydrogen-bond acceptors (Lipinski definition) is 4. The van der Waals surface area contributed by atoms with Crippen molar-refractivity contribution in [2.45, 2.75) is 20.3 Å². The smallest absolute Gasteiger partial charge is 0.340 e. The number of carbonyl (C=O) groups is 2. The van der Waals surface area contributed by atoms with Gasteiger partial charge in [0.25, 0.3) is 0 Å². The summed E-state index contributed by atoms with van der Waals surface area (Å²) < 4.78 is 10.0. The van der Waals surface area contributed by atoms with E-state index < -0.39 is 11.9 Å². The second-order valence-electron chi connectivity index (χ2n) is 8.95. The molecule has 2 heterocycles. The van der Waals surface area contributed by atoms with E-state index >= 15 is 0 Å². The highest BCUT2D eigenvalue weighted by Crippen LogP contribution is 2.34. The number of hydrogen-bond donors (Lipinski definition) is 2. The highest BCUT2D eigenvalue weighted by atomic mass is 16.5. The summed E-state index contributed by atoms with van der Waals surface area (Å²) in [5.41, 5.74) is 7.42. The number of nitrogens with one attached hydrogen (secondary N) is 2. The van der Waals surface area contributed by atoms with Crippen LogP contribution in [-0.2, 0) is 9.47 Å². The van der Waals surface area contributed by atoms with E-state index in [0.29, 0.717) is 22.5 Å². The van der Waals surface area contributed by atoms with Crippen molar-refractivity contribution in [3.8, 4) is 45.0 Å². The molecule has 0 saturated carbocycles. The molecule has 2 N–H and O–H groups in total. The van der Waals surface area contributed by atoms with Crippen molar-refractivity contribution in [1.29, 1.82) is 0 Å². The zero-order valence-corrected chi connectivity index (χ0v) is 22.6. The van der Waals surface area contributed by atoms with Gasteiger partial charge in [-0.1, -0.05) is 99.1 Å². The van der Waals surface area contributed by atoms with Crippen LogP contribution in [0.3, 0.4) is 0 Å². The standard InChI is InChI=1S/C30H24N2O4.C3H8.2H2/c1-35-29(33)23-17-25(31-27(23)19-10-5-3-6-11-19)21-14-9-15-22(16-21)26-18-24(30(34)36-2)28(32-26)20-12-7-4-8-13-20;1-3-2;;/h3-18,31-32H,1-2H3;3H2,1-2H3;2*1H. The minimum atomic E-state index is -0.410. The van der Waals surface area contributed by atoms with Gasteiger partial charge in [-0.05, 0) is 40.5 Å². The number of benzene rings is 3. The first-order valence-electron chi connectivity index (χ1n) is 12.8. The fourth-order valence-electron chi connectivity index (χ4n) is 4.28. The fraction of sp³-hybridized carbons (Fsp3) is 0.152. The molecule has 6 heteroatoms. The highest BCUT2D eigenvalue weighted by Gasteiger charge is 2.20. The monoisotopic (exact) mass is 524 g/mol. The number of ether oxygens (including phenoxy) is 2. The molecule has 0 aliphatic carbocycles. The summed E-state index contributed by atoms with van der Waals surface area (Å²) in [6, 6.07) is 30.8. The van der Waals surface area contributed by atoms with Crippen molar-refractivity contribution in [2.75, 3.05) is 14.2 Å². The second-order valence-corrected chi connectivity index (χ2v) is 8.95. The third-order valence-electron chi connectivity index (χ3n) is 6.06. The Morgan fingerprint density at radius 1 is 0.590 bits per heavy atom. The first-order valence-corrected chi connectivity index (χ1v) is 12.8. The van der Waals surface area contributed by atoms with Crippen LogP contribution in [-0.4, -0.2) is 36.1 Å². The SMILES string of the molecule is CCC.COC(=O)c1cc(-c2cccc(-c3cc(C(=O)OC)c(-c4ccccc4)[nH]3)c2)[nH]c1-c1ccccc1.[HH].[HH]. The number of methoxy groups -OCH3 is 2. The number of carbonyl (C=O) groups excluding carboxylic acids is 2. The molecule has 0 bridgehead atoms. The molecule has 0 aliphatic rings. The maximum absolute atomic E-state index is 12.5. The summed E-state index contributed by atoms with van der Waals surface area (Å²) >= 11 is 0. The molecule has 0 saturated heterocycles. The maximum atomic E-state index is 12.5. The van der Waals surface area contributed by atoms with Crippen LogP contribution in [0.15, 0.2) is 97.1 Å². The molecule has 39 heavy (non-hydrogen) atoms. The predicted molar refractivity (Wildman–Crippen MR) is 160 cm³/mol. The largest absolute Gasteiger partial charge is 0.465 e. The number of aromatic amines is 2. The number of esters is 2. The Morgan fingerprint density at radius 3 is 1.31 bits per heavy atom. The predicted octanol–water partition coefficient (Wildman–Crippen LogP) is 8.49. The number of rotatable bonds is 6. The van der Waals surface area contributed by atoms with Gasteiger partial charge in [0.05, 0.1) is 36.7 Å². The molecule has 202 valence electrons. The molecular formula is C33H36N2O4. The van der Waals surface area contributed by atoms with Gasteiger partial charge in [0.15, 0.2) is 0 Å². The summed E-state index contributed by atoms with van der Waals surface area (Å²) in [7, 11) is 2.75. The van der Waals surface area contributed by atoms with E-state index in [0.717, 1.165) is 33.6 Å². The van der Waals surface area contributed by atoms with Crippen LogP contribution in [0.1, 0.15) is 43.8 Å². The number of H-pyrrole nitrogens is 2. The third-order valence-corrected chi connectivity index (χ3v) is 6.06. The van der Waals surface area contributed by atoms with E-state index in [2.05, 4.69) is 23.8 Å². The Kier molecular flexibility index (Phi) is 8.79. The quantitative estimate of drug-likeness (QED) is 0.218. The van der Waals surface area contributed by atoms with Gasteiger partial charge >= 0.3 is 11.9 Å². The van der Waals surface area contributed by atoms with E-state index in [4.69, 9.17) is 9.47 Å². The van der Waals surface area contributed by atoms with E-state index in [1.807, 2.05) is 84.9 Å². The van der Waals surface area contributed by atoms with Crippen molar-refractivity contribution in [3.05, 3.63) is 108 Å². The summed E-state index contributed by atoms with van der Waals surface area (Å²) in [5.74, 6) is -0.820. The van der Waals surface area contributed by atoms with Crippen LogP contribution in [0.2, 0.25) is 0 Å². The third kappa shape index (κ3) is 6.02. The Hall–Kier alpha value is -4.84. The summed E-state index contributed by atoms with van der Waals surface area (Å²) in [4.78, 5) is 31.8. The average Bonchev–Trinajstić information content (AvgIpc) is 3.64. The van der Waals surface area contributed by atoms with Gasteiger partial charge in [0.2, 0.25) is 0 Å².